The molecule has 2 unspecified atom stereocenters. The van der Waals surface area contributed by atoms with Crippen LogP contribution < -0.4 is 10.2 Å². The molecular formula is C17H27BrN2. The van der Waals surface area contributed by atoms with Crippen molar-refractivity contribution < 1.29 is 0 Å². The first-order valence-corrected chi connectivity index (χ1v) is 8.35. The van der Waals surface area contributed by atoms with Crippen molar-refractivity contribution in [2.75, 3.05) is 11.4 Å². The predicted octanol–water partition coefficient (Wildman–Crippen LogP) is 4.57. The first-order valence-electron chi connectivity index (χ1n) is 7.56. The van der Waals surface area contributed by atoms with E-state index in [0.717, 1.165) is 12.5 Å². The van der Waals surface area contributed by atoms with Crippen LogP contribution in [0, 0.1) is 5.92 Å². The van der Waals surface area contributed by atoms with Gasteiger partial charge in [-0.2, -0.15) is 0 Å². The molecule has 0 radical (unpaired) electrons. The van der Waals surface area contributed by atoms with Crippen LogP contribution in [0.25, 0.3) is 0 Å². The molecule has 1 aliphatic rings. The monoisotopic (exact) mass is 338 g/mol. The van der Waals surface area contributed by atoms with Crippen molar-refractivity contribution in [2.45, 2.75) is 59.2 Å². The molecule has 0 saturated carbocycles. The Morgan fingerprint density at radius 1 is 1.30 bits per heavy atom. The molecule has 1 aromatic carbocycles. The van der Waals surface area contributed by atoms with E-state index in [1.54, 1.807) is 0 Å². The first kappa shape index (κ1) is 15.8. The average molecular weight is 339 g/mol. The van der Waals surface area contributed by atoms with E-state index in [1.807, 2.05) is 0 Å². The molecule has 1 saturated heterocycles. The average Bonchev–Trinajstić information content (AvgIpc) is 2.65. The zero-order chi connectivity index (χ0) is 14.9. The summed E-state index contributed by atoms with van der Waals surface area (Å²) in [7, 11) is 0. The number of nitrogens with one attached hydrogen (secondary N) is 1. The molecule has 2 atom stereocenters. The molecule has 2 nitrogen and oxygen atoms in total. The van der Waals surface area contributed by atoms with Gasteiger partial charge in [0.25, 0.3) is 0 Å². The number of rotatable bonds is 3. The maximum atomic E-state index is 3.73. The zero-order valence-electron chi connectivity index (χ0n) is 13.3. The van der Waals surface area contributed by atoms with Gasteiger partial charge in [0.1, 0.15) is 0 Å². The summed E-state index contributed by atoms with van der Waals surface area (Å²) in [6, 6.07) is 7.43. The van der Waals surface area contributed by atoms with Crippen LogP contribution in [0.3, 0.4) is 0 Å². The fourth-order valence-electron chi connectivity index (χ4n) is 2.88. The van der Waals surface area contributed by atoms with Crippen molar-refractivity contribution in [3.8, 4) is 0 Å². The van der Waals surface area contributed by atoms with Crippen molar-refractivity contribution in [3.63, 3.8) is 0 Å². The van der Waals surface area contributed by atoms with Gasteiger partial charge in [0.05, 0.1) is 0 Å². The number of anilines is 1. The second kappa shape index (κ2) is 6.07. The summed E-state index contributed by atoms with van der Waals surface area (Å²) >= 11 is 3.73. The molecule has 1 N–H and O–H groups in total. The molecule has 3 heteroatoms. The third-order valence-electron chi connectivity index (χ3n) is 3.96. The van der Waals surface area contributed by atoms with Gasteiger partial charge in [-0.3, -0.25) is 0 Å². The lowest BCUT2D eigenvalue weighted by atomic mass is 10.1. The van der Waals surface area contributed by atoms with Crippen LogP contribution in [0.2, 0.25) is 0 Å². The van der Waals surface area contributed by atoms with Crippen LogP contribution >= 0.6 is 15.9 Å². The largest absolute Gasteiger partial charge is 0.369 e. The van der Waals surface area contributed by atoms with Gasteiger partial charge in [-0.15, -0.1) is 0 Å². The highest BCUT2D eigenvalue weighted by Gasteiger charge is 2.26. The lowest BCUT2D eigenvalue weighted by Crippen LogP contribution is -2.35. The highest BCUT2D eigenvalue weighted by Crippen LogP contribution is 2.31. The van der Waals surface area contributed by atoms with E-state index in [-0.39, 0.29) is 5.54 Å². The lowest BCUT2D eigenvalue weighted by Gasteiger charge is -2.25. The highest BCUT2D eigenvalue weighted by molar-refractivity contribution is 9.10. The second-order valence-electron chi connectivity index (χ2n) is 7.22. The third kappa shape index (κ3) is 3.98. The van der Waals surface area contributed by atoms with Crippen LogP contribution in [-0.4, -0.2) is 18.1 Å². The van der Waals surface area contributed by atoms with E-state index in [4.69, 9.17) is 0 Å². The summed E-state index contributed by atoms with van der Waals surface area (Å²) in [5, 5.41) is 3.54. The molecule has 20 heavy (non-hydrogen) atoms. The van der Waals surface area contributed by atoms with Crippen molar-refractivity contribution in [1.29, 1.82) is 0 Å². The Labute approximate surface area is 132 Å². The SMILES string of the molecule is CC1CC(C)N(c2ccc(CNC(C)(C)C)c(Br)c2)C1. The standard InChI is InChI=1S/C17H27BrN2/c1-12-8-13(2)20(11-12)15-7-6-14(16(18)9-15)10-19-17(3,4)5/h6-7,9,12-13,19H,8,10-11H2,1-5H3. The minimum absolute atomic E-state index is 0.150. The molecule has 0 spiro atoms. The molecule has 0 amide bonds. The van der Waals surface area contributed by atoms with E-state index in [0.29, 0.717) is 6.04 Å². The van der Waals surface area contributed by atoms with Gasteiger partial charge in [0, 0.05) is 34.8 Å². The Morgan fingerprint density at radius 2 is 2.00 bits per heavy atom. The van der Waals surface area contributed by atoms with Gasteiger partial charge in [0.15, 0.2) is 0 Å². The highest BCUT2D eigenvalue weighted by atomic mass is 79.9. The van der Waals surface area contributed by atoms with E-state index in [2.05, 4.69) is 79.0 Å². The fraction of sp³-hybridized carbons (Fsp3) is 0.647. The molecular weight excluding hydrogens is 312 g/mol. The summed E-state index contributed by atoms with van der Waals surface area (Å²) in [6.45, 7) is 13.3. The van der Waals surface area contributed by atoms with Crippen LogP contribution in [0.4, 0.5) is 5.69 Å². The first-order chi connectivity index (χ1) is 9.26. The number of nitrogens with zero attached hydrogens (tertiary/aromatic N) is 1. The molecule has 0 aromatic heterocycles. The normalized spacial score (nSPS) is 23.4. The van der Waals surface area contributed by atoms with Crippen LogP contribution in [0.15, 0.2) is 22.7 Å². The smallest absolute Gasteiger partial charge is 0.0380 e. The predicted molar refractivity (Wildman–Crippen MR) is 91.3 cm³/mol. The number of hydrogen-bond donors (Lipinski definition) is 1. The van der Waals surface area contributed by atoms with Crippen molar-refractivity contribution in [1.82, 2.24) is 5.32 Å². The summed E-state index contributed by atoms with van der Waals surface area (Å²) in [5.41, 5.74) is 2.81. The maximum Gasteiger partial charge on any atom is 0.0380 e. The summed E-state index contributed by atoms with van der Waals surface area (Å²) in [4.78, 5) is 2.52. The molecule has 1 fully saturated rings. The second-order valence-corrected chi connectivity index (χ2v) is 8.08. The topological polar surface area (TPSA) is 15.3 Å². The van der Waals surface area contributed by atoms with Gasteiger partial charge < -0.3 is 10.2 Å². The van der Waals surface area contributed by atoms with Crippen molar-refractivity contribution in [2.24, 2.45) is 5.92 Å². The summed E-state index contributed by atoms with van der Waals surface area (Å²) in [6.07, 6.45) is 1.30. The van der Waals surface area contributed by atoms with Gasteiger partial charge in [-0.1, -0.05) is 28.9 Å². The van der Waals surface area contributed by atoms with Crippen molar-refractivity contribution >= 4 is 21.6 Å². The lowest BCUT2D eigenvalue weighted by molar-refractivity contribution is 0.424. The van der Waals surface area contributed by atoms with Gasteiger partial charge in [-0.25, -0.2) is 0 Å². The number of halogens is 1. The quantitative estimate of drug-likeness (QED) is 0.868. The molecule has 1 aromatic rings. The van der Waals surface area contributed by atoms with E-state index >= 15 is 0 Å². The third-order valence-corrected chi connectivity index (χ3v) is 4.70. The van der Waals surface area contributed by atoms with Gasteiger partial charge in [0.2, 0.25) is 0 Å². The minimum atomic E-state index is 0.150. The van der Waals surface area contributed by atoms with E-state index in [1.165, 1.54) is 28.7 Å². The molecule has 2 rings (SSSR count). The van der Waals surface area contributed by atoms with Gasteiger partial charge >= 0.3 is 0 Å². The number of benzene rings is 1. The van der Waals surface area contributed by atoms with E-state index < -0.39 is 0 Å². The Bertz CT molecular complexity index is 465. The maximum absolute atomic E-state index is 3.73. The molecule has 1 aliphatic heterocycles. The Morgan fingerprint density at radius 3 is 2.50 bits per heavy atom. The Kier molecular flexibility index (Phi) is 4.80. The van der Waals surface area contributed by atoms with Crippen LogP contribution in [0.5, 0.6) is 0 Å². The molecule has 0 aliphatic carbocycles. The molecule has 0 bridgehead atoms. The van der Waals surface area contributed by atoms with E-state index in [9.17, 15) is 0 Å². The summed E-state index contributed by atoms with van der Waals surface area (Å²) in [5.74, 6) is 0.797. The van der Waals surface area contributed by atoms with Gasteiger partial charge in [-0.05, 0) is 57.7 Å². The Balaban J connectivity index is 2.10. The fourth-order valence-corrected chi connectivity index (χ4v) is 3.39. The Hall–Kier alpha value is -0.540. The van der Waals surface area contributed by atoms with Crippen LogP contribution in [-0.2, 0) is 6.54 Å². The van der Waals surface area contributed by atoms with Crippen LogP contribution in [0.1, 0.15) is 46.6 Å². The minimum Gasteiger partial charge on any atom is -0.369 e. The van der Waals surface area contributed by atoms with Crippen molar-refractivity contribution in [3.05, 3.63) is 28.2 Å². The molecule has 1 heterocycles. The zero-order valence-corrected chi connectivity index (χ0v) is 14.9. The number of hydrogen-bond acceptors (Lipinski definition) is 2. The molecule has 112 valence electrons. The summed E-state index contributed by atoms with van der Waals surface area (Å²) < 4.78 is 1.21.